The number of carbonyl (C=O) groups excluding carboxylic acids is 2. The number of rotatable bonds is 6. The van der Waals surface area contributed by atoms with E-state index < -0.39 is 0 Å². The van der Waals surface area contributed by atoms with Crippen molar-refractivity contribution in [3.05, 3.63) is 53.6 Å². The lowest BCUT2D eigenvalue weighted by atomic mass is 9.92. The van der Waals surface area contributed by atoms with Crippen molar-refractivity contribution in [2.45, 2.75) is 44.3 Å². The van der Waals surface area contributed by atoms with Gasteiger partial charge in [-0.1, -0.05) is 32.4 Å². The first kappa shape index (κ1) is 21.3. The smallest absolute Gasteiger partial charge is 0.237 e. The molecule has 0 aromatic heterocycles. The Morgan fingerprint density at radius 2 is 1.48 bits per heavy atom. The molecule has 0 fully saturated rings. The van der Waals surface area contributed by atoms with Crippen molar-refractivity contribution < 1.29 is 9.59 Å². The van der Waals surface area contributed by atoms with E-state index in [1.165, 1.54) is 11.8 Å². The summed E-state index contributed by atoms with van der Waals surface area (Å²) in [5.41, 5.74) is 1.42. The number of amides is 2. The van der Waals surface area contributed by atoms with Crippen LogP contribution in [0.15, 0.2) is 53.4 Å². The summed E-state index contributed by atoms with van der Waals surface area (Å²) in [7, 11) is 0. The highest BCUT2D eigenvalue weighted by molar-refractivity contribution is 8.00. The molecule has 4 nitrogen and oxygen atoms in total. The lowest BCUT2D eigenvalue weighted by Gasteiger charge is -2.17. The van der Waals surface area contributed by atoms with Crippen LogP contribution in [-0.2, 0) is 9.59 Å². The van der Waals surface area contributed by atoms with Gasteiger partial charge >= 0.3 is 0 Å². The van der Waals surface area contributed by atoms with Crippen molar-refractivity contribution in [2.75, 3.05) is 10.6 Å². The van der Waals surface area contributed by atoms with E-state index in [1.54, 1.807) is 24.3 Å². The van der Waals surface area contributed by atoms with E-state index in [1.807, 2.05) is 52.0 Å². The second-order valence-electron chi connectivity index (χ2n) is 7.57. The van der Waals surface area contributed by atoms with Gasteiger partial charge in [-0.15, -0.1) is 11.8 Å². The van der Waals surface area contributed by atoms with Gasteiger partial charge in [0.25, 0.3) is 0 Å². The summed E-state index contributed by atoms with van der Waals surface area (Å²) in [4.78, 5) is 25.3. The lowest BCUT2D eigenvalue weighted by Crippen LogP contribution is -2.22. The van der Waals surface area contributed by atoms with Gasteiger partial charge in [0.05, 0.1) is 5.25 Å². The van der Waals surface area contributed by atoms with Gasteiger partial charge in [0, 0.05) is 27.7 Å². The quantitative estimate of drug-likeness (QED) is 0.595. The van der Waals surface area contributed by atoms with E-state index >= 15 is 0 Å². The molecule has 2 amide bonds. The zero-order valence-electron chi connectivity index (χ0n) is 16.0. The average molecular weight is 405 g/mol. The highest BCUT2D eigenvalue weighted by Crippen LogP contribution is 2.26. The summed E-state index contributed by atoms with van der Waals surface area (Å²) in [6, 6.07) is 14.5. The molecule has 1 unspecified atom stereocenters. The van der Waals surface area contributed by atoms with Crippen LogP contribution in [0.2, 0.25) is 5.02 Å². The molecule has 1 atom stereocenters. The van der Waals surface area contributed by atoms with Crippen LogP contribution in [0.1, 0.15) is 34.1 Å². The average Bonchev–Trinajstić information content (AvgIpc) is 2.57. The van der Waals surface area contributed by atoms with Gasteiger partial charge in [0.15, 0.2) is 0 Å². The maximum absolute atomic E-state index is 12.3. The van der Waals surface area contributed by atoms with Crippen LogP contribution < -0.4 is 10.6 Å². The van der Waals surface area contributed by atoms with Crippen molar-refractivity contribution in [3.63, 3.8) is 0 Å². The molecule has 0 spiro atoms. The third-order valence-electron chi connectivity index (χ3n) is 3.62. The molecule has 0 bridgehead atoms. The molecule has 27 heavy (non-hydrogen) atoms. The van der Waals surface area contributed by atoms with Gasteiger partial charge in [-0.25, -0.2) is 0 Å². The third-order valence-corrected chi connectivity index (χ3v) is 4.99. The fourth-order valence-electron chi connectivity index (χ4n) is 2.34. The number of nitrogens with one attached hydrogen (secondary N) is 2. The van der Waals surface area contributed by atoms with Gasteiger partial charge in [0.2, 0.25) is 11.8 Å². The molecular formula is C21H25ClN2O2S. The van der Waals surface area contributed by atoms with Crippen LogP contribution in [-0.4, -0.2) is 17.1 Å². The number of carbonyl (C=O) groups is 2. The molecular weight excluding hydrogens is 380 g/mol. The minimum atomic E-state index is -0.262. The van der Waals surface area contributed by atoms with E-state index in [2.05, 4.69) is 10.6 Å². The number of benzene rings is 2. The monoisotopic (exact) mass is 404 g/mol. The first-order chi connectivity index (χ1) is 12.6. The summed E-state index contributed by atoms with van der Waals surface area (Å²) in [6.45, 7) is 7.95. The standard InChI is InChI=1S/C21H25ClN2O2S/c1-14(20(26)24-17-7-5-15(22)6-8-17)27-18-11-9-16(10-12-18)23-19(25)13-21(2,3)4/h5-12,14H,13H2,1-4H3,(H,23,25)(H,24,26). The normalized spacial score (nSPS) is 12.3. The molecule has 2 N–H and O–H groups in total. The molecule has 0 aliphatic carbocycles. The second-order valence-corrected chi connectivity index (χ2v) is 9.42. The predicted molar refractivity (Wildman–Crippen MR) is 115 cm³/mol. The number of halogens is 1. The van der Waals surface area contributed by atoms with Crippen molar-refractivity contribution in [3.8, 4) is 0 Å². The molecule has 0 heterocycles. The van der Waals surface area contributed by atoms with Crippen molar-refractivity contribution in [2.24, 2.45) is 5.41 Å². The largest absolute Gasteiger partial charge is 0.326 e. The molecule has 0 saturated carbocycles. The Bertz CT molecular complexity index is 783. The van der Waals surface area contributed by atoms with E-state index in [9.17, 15) is 9.59 Å². The molecule has 6 heteroatoms. The summed E-state index contributed by atoms with van der Waals surface area (Å²) >= 11 is 7.31. The Hall–Kier alpha value is -1.98. The van der Waals surface area contributed by atoms with Crippen LogP contribution in [0.4, 0.5) is 11.4 Å². The SMILES string of the molecule is CC(Sc1ccc(NC(=O)CC(C)(C)C)cc1)C(=O)Nc1ccc(Cl)cc1. The summed E-state index contributed by atoms with van der Waals surface area (Å²) in [5, 5.41) is 6.14. The van der Waals surface area contributed by atoms with E-state index in [0.717, 1.165) is 10.6 Å². The fourth-order valence-corrected chi connectivity index (χ4v) is 3.33. The van der Waals surface area contributed by atoms with E-state index in [4.69, 9.17) is 11.6 Å². The van der Waals surface area contributed by atoms with Crippen LogP contribution in [0.5, 0.6) is 0 Å². The molecule has 2 rings (SSSR count). The van der Waals surface area contributed by atoms with Crippen LogP contribution in [0.25, 0.3) is 0 Å². The zero-order valence-corrected chi connectivity index (χ0v) is 17.6. The molecule has 0 aliphatic rings. The Kier molecular flexibility index (Phi) is 7.33. The third kappa shape index (κ3) is 7.65. The van der Waals surface area contributed by atoms with Gasteiger partial charge in [-0.3, -0.25) is 9.59 Å². The first-order valence-electron chi connectivity index (χ1n) is 8.75. The number of anilines is 2. The lowest BCUT2D eigenvalue weighted by molar-refractivity contribution is -0.118. The van der Waals surface area contributed by atoms with Crippen molar-refractivity contribution >= 4 is 46.6 Å². The fraction of sp³-hybridized carbons (Fsp3) is 0.333. The molecule has 0 saturated heterocycles. The summed E-state index contributed by atoms with van der Waals surface area (Å²) in [6.07, 6.45) is 0.464. The highest BCUT2D eigenvalue weighted by Gasteiger charge is 2.17. The van der Waals surface area contributed by atoms with Crippen LogP contribution in [0, 0.1) is 5.41 Å². The zero-order chi connectivity index (χ0) is 20.0. The van der Waals surface area contributed by atoms with Gasteiger partial charge < -0.3 is 10.6 Å². The van der Waals surface area contributed by atoms with Gasteiger partial charge in [-0.05, 0) is 60.9 Å². The van der Waals surface area contributed by atoms with Crippen molar-refractivity contribution in [1.82, 2.24) is 0 Å². The number of thioether (sulfide) groups is 1. The van der Waals surface area contributed by atoms with Crippen LogP contribution in [0.3, 0.4) is 0 Å². The van der Waals surface area contributed by atoms with Gasteiger partial charge in [0.1, 0.15) is 0 Å². The van der Waals surface area contributed by atoms with Crippen LogP contribution >= 0.6 is 23.4 Å². The molecule has 0 aliphatic heterocycles. The molecule has 0 radical (unpaired) electrons. The highest BCUT2D eigenvalue weighted by atomic mass is 35.5. The summed E-state index contributed by atoms with van der Waals surface area (Å²) < 4.78 is 0. The van der Waals surface area contributed by atoms with Gasteiger partial charge in [-0.2, -0.15) is 0 Å². The predicted octanol–water partition coefficient (Wildman–Crippen LogP) is 5.83. The minimum absolute atomic E-state index is 0.00128. The minimum Gasteiger partial charge on any atom is -0.326 e. The maximum atomic E-state index is 12.3. The topological polar surface area (TPSA) is 58.2 Å². The Morgan fingerprint density at radius 1 is 0.963 bits per heavy atom. The Morgan fingerprint density at radius 3 is 2.04 bits per heavy atom. The first-order valence-corrected chi connectivity index (χ1v) is 10.0. The Balaban J connectivity index is 1.88. The Labute approximate surface area is 170 Å². The van der Waals surface area contributed by atoms with Crippen molar-refractivity contribution in [1.29, 1.82) is 0 Å². The maximum Gasteiger partial charge on any atom is 0.237 e. The summed E-state index contributed by atoms with van der Waals surface area (Å²) in [5.74, 6) is -0.0801. The number of hydrogen-bond donors (Lipinski definition) is 2. The molecule has 2 aromatic carbocycles. The van der Waals surface area contributed by atoms with E-state index in [0.29, 0.717) is 17.1 Å². The molecule has 2 aromatic rings. The number of hydrogen-bond acceptors (Lipinski definition) is 3. The van der Waals surface area contributed by atoms with E-state index in [-0.39, 0.29) is 22.5 Å². The molecule has 144 valence electrons. The second kappa shape index (κ2) is 9.29.